The number of hydrogen-bond donors (Lipinski definition) is 1. The fourth-order valence-corrected chi connectivity index (χ4v) is 2.48. The number of thioether (sulfide) groups is 1. The Kier molecular flexibility index (Phi) is 5.33. The minimum atomic E-state index is -0.253. The first-order valence-electron chi connectivity index (χ1n) is 6.90. The highest BCUT2D eigenvalue weighted by Crippen LogP contribution is 2.21. The predicted molar refractivity (Wildman–Crippen MR) is 86.5 cm³/mol. The van der Waals surface area contributed by atoms with Crippen molar-refractivity contribution in [3.8, 4) is 0 Å². The van der Waals surface area contributed by atoms with Crippen LogP contribution in [0, 0.1) is 0 Å². The molecule has 110 valence electrons. The Morgan fingerprint density at radius 1 is 1.10 bits per heavy atom. The first kappa shape index (κ1) is 15.5. The Morgan fingerprint density at radius 3 is 2.29 bits per heavy atom. The maximum atomic E-state index is 12.1. The molecule has 1 aromatic carbocycles. The van der Waals surface area contributed by atoms with Crippen molar-refractivity contribution in [3.05, 3.63) is 48.3 Å². The zero-order chi connectivity index (χ0) is 15.2. The van der Waals surface area contributed by atoms with Crippen LogP contribution < -0.4 is 5.32 Å². The molecule has 0 fully saturated rings. The number of rotatable bonds is 5. The highest BCUT2D eigenvalue weighted by molar-refractivity contribution is 8.00. The number of nitrogens with zero attached hydrogens (tertiary/aromatic N) is 2. The van der Waals surface area contributed by atoms with Gasteiger partial charge in [0.25, 0.3) is 0 Å². The lowest BCUT2D eigenvalue weighted by Gasteiger charge is -2.12. The molecule has 0 saturated carbocycles. The lowest BCUT2D eigenvalue weighted by molar-refractivity contribution is -0.115. The van der Waals surface area contributed by atoms with Gasteiger partial charge >= 0.3 is 0 Å². The van der Waals surface area contributed by atoms with Gasteiger partial charge in [-0.05, 0) is 36.6 Å². The van der Waals surface area contributed by atoms with Crippen LogP contribution in [0.3, 0.4) is 0 Å². The monoisotopic (exact) mass is 301 g/mol. The van der Waals surface area contributed by atoms with E-state index in [4.69, 9.17) is 0 Å². The van der Waals surface area contributed by atoms with Crippen molar-refractivity contribution in [2.45, 2.75) is 37.1 Å². The second-order valence-electron chi connectivity index (χ2n) is 5.06. The number of amides is 1. The molecule has 5 heteroatoms. The van der Waals surface area contributed by atoms with Crippen LogP contribution in [-0.2, 0) is 4.79 Å². The van der Waals surface area contributed by atoms with Gasteiger partial charge in [0.15, 0.2) is 5.16 Å². The van der Waals surface area contributed by atoms with Gasteiger partial charge in [-0.25, -0.2) is 9.97 Å². The fraction of sp³-hybridized carbons (Fsp3) is 0.312. The first-order valence-corrected chi connectivity index (χ1v) is 7.78. The average Bonchev–Trinajstić information content (AvgIpc) is 2.48. The molecule has 1 amide bonds. The Bertz CT molecular complexity index is 584. The van der Waals surface area contributed by atoms with Crippen LogP contribution in [0.15, 0.2) is 47.9 Å². The van der Waals surface area contributed by atoms with E-state index in [1.54, 1.807) is 18.5 Å². The van der Waals surface area contributed by atoms with Gasteiger partial charge in [-0.1, -0.05) is 37.7 Å². The zero-order valence-corrected chi connectivity index (χ0v) is 13.2. The van der Waals surface area contributed by atoms with Gasteiger partial charge in [-0.2, -0.15) is 0 Å². The lowest BCUT2D eigenvalue weighted by atomic mass is 10.0. The third-order valence-electron chi connectivity index (χ3n) is 3.04. The molecule has 2 aromatic rings. The molecular weight excluding hydrogens is 282 g/mol. The summed E-state index contributed by atoms with van der Waals surface area (Å²) in [7, 11) is 0. The van der Waals surface area contributed by atoms with Crippen LogP contribution in [0.4, 0.5) is 5.69 Å². The van der Waals surface area contributed by atoms with Crippen molar-refractivity contribution in [3.63, 3.8) is 0 Å². The second kappa shape index (κ2) is 7.22. The van der Waals surface area contributed by atoms with Gasteiger partial charge < -0.3 is 5.32 Å². The molecule has 0 radical (unpaired) electrons. The Morgan fingerprint density at radius 2 is 1.71 bits per heavy atom. The molecule has 0 spiro atoms. The molecule has 21 heavy (non-hydrogen) atoms. The van der Waals surface area contributed by atoms with Crippen molar-refractivity contribution < 1.29 is 4.79 Å². The first-order chi connectivity index (χ1) is 10.1. The van der Waals surface area contributed by atoms with Gasteiger partial charge in [0.2, 0.25) is 5.91 Å². The summed E-state index contributed by atoms with van der Waals surface area (Å²) in [6.45, 7) is 6.14. The molecule has 0 saturated heterocycles. The van der Waals surface area contributed by atoms with E-state index in [1.165, 1.54) is 17.3 Å². The van der Waals surface area contributed by atoms with Gasteiger partial charge in [-0.3, -0.25) is 4.79 Å². The van der Waals surface area contributed by atoms with Crippen molar-refractivity contribution in [2.24, 2.45) is 0 Å². The number of aromatic nitrogens is 2. The SMILES string of the molecule is CC(C)c1ccc(NC(=O)[C@@H](C)Sc2ncccn2)cc1. The largest absolute Gasteiger partial charge is 0.325 e. The van der Waals surface area contributed by atoms with Crippen molar-refractivity contribution in [2.75, 3.05) is 5.32 Å². The van der Waals surface area contributed by atoms with Gasteiger partial charge in [0.05, 0.1) is 5.25 Å². The number of nitrogens with one attached hydrogen (secondary N) is 1. The average molecular weight is 301 g/mol. The third-order valence-corrected chi connectivity index (χ3v) is 4.03. The molecule has 0 aliphatic carbocycles. The molecule has 0 bridgehead atoms. The fourth-order valence-electron chi connectivity index (χ4n) is 1.75. The third kappa shape index (κ3) is 4.56. The van der Waals surface area contributed by atoms with E-state index in [-0.39, 0.29) is 11.2 Å². The van der Waals surface area contributed by atoms with E-state index in [0.717, 1.165) is 5.69 Å². The molecule has 1 heterocycles. The van der Waals surface area contributed by atoms with Crippen molar-refractivity contribution >= 4 is 23.4 Å². The normalized spacial score (nSPS) is 12.2. The number of carbonyl (C=O) groups excluding carboxylic acids is 1. The Hall–Kier alpha value is -1.88. The Labute approximate surface area is 129 Å². The molecule has 1 atom stereocenters. The van der Waals surface area contributed by atoms with Crippen LogP contribution in [0.25, 0.3) is 0 Å². The number of carbonyl (C=O) groups is 1. The highest BCUT2D eigenvalue weighted by atomic mass is 32.2. The summed E-state index contributed by atoms with van der Waals surface area (Å²) in [6.07, 6.45) is 3.34. The van der Waals surface area contributed by atoms with E-state index in [0.29, 0.717) is 11.1 Å². The summed E-state index contributed by atoms with van der Waals surface area (Å²) in [5, 5.41) is 3.27. The summed E-state index contributed by atoms with van der Waals surface area (Å²) in [5.74, 6) is 0.434. The smallest absolute Gasteiger partial charge is 0.237 e. The zero-order valence-electron chi connectivity index (χ0n) is 12.4. The molecule has 0 aliphatic rings. The molecule has 0 unspecified atom stereocenters. The Balaban J connectivity index is 1.94. The summed E-state index contributed by atoms with van der Waals surface area (Å²) in [5.41, 5.74) is 2.07. The lowest BCUT2D eigenvalue weighted by Crippen LogP contribution is -2.22. The number of benzene rings is 1. The summed E-state index contributed by atoms with van der Waals surface area (Å²) in [4.78, 5) is 20.4. The van der Waals surface area contributed by atoms with Crippen LogP contribution in [0.2, 0.25) is 0 Å². The number of anilines is 1. The quantitative estimate of drug-likeness (QED) is 0.675. The molecule has 0 aliphatic heterocycles. The predicted octanol–water partition coefficient (Wildman–Crippen LogP) is 3.72. The molecule has 1 aromatic heterocycles. The summed E-state index contributed by atoms with van der Waals surface area (Å²) in [6, 6.07) is 9.70. The van der Waals surface area contributed by atoms with Gasteiger partial charge in [-0.15, -0.1) is 0 Å². The maximum absolute atomic E-state index is 12.1. The van der Waals surface area contributed by atoms with Crippen LogP contribution in [-0.4, -0.2) is 21.1 Å². The van der Waals surface area contributed by atoms with Gasteiger partial charge in [0.1, 0.15) is 0 Å². The van der Waals surface area contributed by atoms with Crippen LogP contribution >= 0.6 is 11.8 Å². The minimum Gasteiger partial charge on any atom is -0.325 e. The molecule has 1 N–H and O–H groups in total. The van der Waals surface area contributed by atoms with E-state index in [9.17, 15) is 4.79 Å². The topological polar surface area (TPSA) is 54.9 Å². The maximum Gasteiger partial charge on any atom is 0.237 e. The minimum absolute atomic E-state index is 0.0512. The molecule has 2 rings (SSSR count). The standard InChI is InChI=1S/C16H19N3OS/c1-11(2)13-5-7-14(8-6-13)19-15(20)12(3)21-16-17-9-4-10-18-16/h4-12H,1-3H3,(H,19,20)/t12-/m1/s1. The van der Waals surface area contributed by atoms with Crippen LogP contribution in [0.1, 0.15) is 32.3 Å². The van der Waals surface area contributed by atoms with E-state index >= 15 is 0 Å². The van der Waals surface area contributed by atoms with Crippen LogP contribution in [0.5, 0.6) is 0 Å². The van der Waals surface area contributed by atoms with E-state index in [1.807, 2.05) is 31.2 Å². The van der Waals surface area contributed by atoms with E-state index < -0.39 is 0 Å². The number of hydrogen-bond acceptors (Lipinski definition) is 4. The van der Waals surface area contributed by atoms with Crippen molar-refractivity contribution in [1.82, 2.24) is 9.97 Å². The summed E-state index contributed by atoms with van der Waals surface area (Å²) >= 11 is 1.34. The van der Waals surface area contributed by atoms with Gasteiger partial charge in [0, 0.05) is 18.1 Å². The molecule has 4 nitrogen and oxygen atoms in total. The van der Waals surface area contributed by atoms with E-state index in [2.05, 4.69) is 29.1 Å². The molecular formula is C16H19N3OS. The summed E-state index contributed by atoms with van der Waals surface area (Å²) < 4.78 is 0. The highest BCUT2D eigenvalue weighted by Gasteiger charge is 2.15. The second-order valence-corrected chi connectivity index (χ2v) is 6.37. The van der Waals surface area contributed by atoms with Crippen molar-refractivity contribution in [1.29, 1.82) is 0 Å².